The molecule has 0 unspecified atom stereocenters. The van der Waals surface area contributed by atoms with Crippen LogP contribution >= 0.6 is 0 Å². The first-order chi connectivity index (χ1) is 13.8. The van der Waals surface area contributed by atoms with Crippen LogP contribution in [0, 0.1) is 0 Å². The molecule has 1 heterocycles. The van der Waals surface area contributed by atoms with Gasteiger partial charge < -0.3 is 19.5 Å². The van der Waals surface area contributed by atoms with Crippen molar-refractivity contribution in [3.05, 3.63) is 17.5 Å². The Morgan fingerprint density at radius 2 is 1.62 bits per heavy atom. The van der Waals surface area contributed by atoms with Crippen LogP contribution in [-0.2, 0) is 11.3 Å². The summed E-state index contributed by atoms with van der Waals surface area (Å²) in [6, 6.07) is 2.26. The van der Waals surface area contributed by atoms with Crippen molar-refractivity contribution < 1.29 is 18.8 Å². The van der Waals surface area contributed by atoms with Crippen molar-refractivity contribution in [3.8, 4) is 0 Å². The molecule has 0 bridgehead atoms. The van der Waals surface area contributed by atoms with Gasteiger partial charge in [0.15, 0.2) is 11.5 Å². The first-order valence-corrected chi connectivity index (χ1v) is 11.1. The number of nitrogens with zero attached hydrogens (tertiary/aromatic N) is 2. The second-order valence-corrected chi connectivity index (χ2v) is 9.33. The molecule has 3 rings (SSSR count). The van der Waals surface area contributed by atoms with E-state index in [9.17, 15) is 9.59 Å². The van der Waals surface area contributed by atoms with Crippen LogP contribution in [0.15, 0.2) is 10.6 Å². The zero-order valence-corrected chi connectivity index (χ0v) is 18.0. The summed E-state index contributed by atoms with van der Waals surface area (Å²) in [5.41, 5.74) is -0.227. The highest BCUT2D eigenvalue weighted by Gasteiger charge is 2.34. The molecule has 0 saturated heterocycles. The molecule has 2 aliphatic carbocycles. The third kappa shape index (κ3) is 6.21. The van der Waals surface area contributed by atoms with Crippen molar-refractivity contribution in [2.75, 3.05) is 0 Å². The molecule has 2 fully saturated rings. The van der Waals surface area contributed by atoms with Gasteiger partial charge in [-0.3, -0.25) is 4.79 Å². The van der Waals surface area contributed by atoms with Crippen LogP contribution in [0.5, 0.6) is 0 Å². The van der Waals surface area contributed by atoms with Gasteiger partial charge in [-0.05, 0) is 46.5 Å². The third-order valence-corrected chi connectivity index (χ3v) is 5.75. The number of ether oxygens (including phenoxy) is 1. The highest BCUT2D eigenvalue weighted by molar-refractivity contribution is 5.92. The van der Waals surface area contributed by atoms with E-state index in [1.807, 2.05) is 20.8 Å². The number of amides is 2. The number of aromatic nitrogens is 1. The Morgan fingerprint density at radius 1 is 1.07 bits per heavy atom. The molecule has 0 radical (unpaired) electrons. The van der Waals surface area contributed by atoms with Crippen molar-refractivity contribution in [1.29, 1.82) is 0 Å². The van der Waals surface area contributed by atoms with Gasteiger partial charge >= 0.3 is 6.09 Å². The van der Waals surface area contributed by atoms with E-state index in [4.69, 9.17) is 9.26 Å². The average molecular weight is 406 g/mol. The molecule has 2 amide bonds. The first-order valence-electron chi connectivity index (χ1n) is 11.1. The second-order valence-electron chi connectivity index (χ2n) is 9.33. The Balaban J connectivity index is 1.65. The molecule has 2 saturated carbocycles. The van der Waals surface area contributed by atoms with Gasteiger partial charge in [-0.1, -0.05) is 43.7 Å². The van der Waals surface area contributed by atoms with Gasteiger partial charge in [0.05, 0.1) is 6.54 Å². The summed E-state index contributed by atoms with van der Waals surface area (Å²) in [4.78, 5) is 27.3. The van der Waals surface area contributed by atoms with Crippen molar-refractivity contribution >= 4 is 12.0 Å². The van der Waals surface area contributed by atoms with Crippen LogP contribution in [0.3, 0.4) is 0 Å². The summed E-state index contributed by atoms with van der Waals surface area (Å²) in [6.07, 6.45) is 11.0. The van der Waals surface area contributed by atoms with Crippen LogP contribution in [0.25, 0.3) is 0 Å². The lowest BCUT2D eigenvalue weighted by molar-refractivity contribution is 0.0436. The van der Waals surface area contributed by atoms with Crippen LogP contribution < -0.4 is 5.32 Å². The molecule has 0 aromatic carbocycles. The fourth-order valence-electron chi connectivity index (χ4n) is 4.45. The van der Waals surface area contributed by atoms with E-state index in [0.29, 0.717) is 23.5 Å². The van der Waals surface area contributed by atoms with Gasteiger partial charge in [-0.2, -0.15) is 0 Å². The fourth-order valence-corrected chi connectivity index (χ4v) is 4.45. The number of alkyl carbamates (subject to hydrolysis) is 1. The summed E-state index contributed by atoms with van der Waals surface area (Å²) < 4.78 is 10.5. The van der Waals surface area contributed by atoms with E-state index in [0.717, 1.165) is 25.7 Å². The average Bonchev–Trinajstić information content (AvgIpc) is 3.16. The lowest BCUT2D eigenvalue weighted by atomic mass is 9.88. The molecule has 2 aliphatic rings. The normalized spacial score (nSPS) is 19.0. The minimum atomic E-state index is -0.562. The lowest BCUT2D eigenvalue weighted by Gasteiger charge is -2.41. The fraction of sp³-hybridized carbons (Fsp3) is 0.773. The van der Waals surface area contributed by atoms with Crippen molar-refractivity contribution in [2.45, 2.75) is 109 Å². The number of carbonyl (C=O) groups excluding carboxylic acids is 2. The maximum Gasteiger partial charge on any atom is 0.408 e. The van der Waals surface area contributed by atoms with E-state index >= 15 is 0 Å². The Morgan fingerprint density at radius 3 is 2.14 bits per heavy atom. The quantitative estimate of drug-likeness (QED) is 0.760. The van der Waals surface area contributed by atoms with Crippen LogP contribution in [0.2, 0.25) is 0 Å². The van der Waals surface area contributed by atoms with Crippen molar-refractivity contribution in [3.63, 3.8) is 0 Å². The predicted octanol–water partition coefficient (Wildman–Crippen LogP) is 4.81. The molecule has 0 atom stereocenters. The minimum absolute atomic E-state index is 0.0314. The zero-order chi connectivity index (χ0) is 20.9. The predicted molar refractivity (Wildman–Crippen MR) is 109 cm³/mol. The van der Waals surface area contributed by atoms with Crippen LogP contribution in [0.1, 0.15) is 101 Å². The van der Waals surface area contributed by atoms with E-state index in [1.165, 1.54) is 38.5 Å². The lowest BCUT2D eigenvalue weighted by Crippen LogP contribution is -2.48. The molecule has 1 aromatic rings. The van der Waals surface area contributed by atoms with E-state index < -0.39 is 11.7 Å². The molecule has 7 heteroatoms. The highest BCUT2D eigenvalue weighted by Crippen LogP contribution is 2.31. The number of hydrogen-bond donors (Lipinski definition) is 1. The molecular formula is C22H35N3O4. The molecule has 162 valence electrons. The minimum Gasteiger partial charge on any atom is -0.444 e. The standard InChI is InChI=1S/C22H35N3O4/c1-22(2,3)28-21(27)23-15-18-14-19(24-29-18)20(26)25(16-10-6-4-7-11-16)17-12-8-5-9-13-17/h14,16-17H,4-13,15H2,1-3H3,(H,23,27). The maximum absolute atomic E-state index is 13.4. The summed E-state index contributed by atoms with van der Waals surface area (Å²) in [5.74, 6) is 0.419. The van der Waals surface area contributed by atoms with Crippen LogP contribution in [0.4, 0.5) is 4.79 Å². The van der Waals surface area contributed by atoms with Gasteiger partial charge in [0, 0.05) is 18.2 Å². The van der Waals surface area contributed by atoms with Crippen molar-refractivity contribution in [2.24, 2.45) is 0 Å². The third-order valence-electron chi connectivity index (χ3n) is 5.75. The molecule has 1 N–H and O–H groups in total. The number of rotatable bonds is 5. The van der Waals surface area contributed by atoms with Gasteiger partial charge in [0.2, 0.25) is 0 Å². The number of carbonyl (C=O) groups is 2. The van der Waals surface area contributed by atoms with Crippen LogP contribution in [-0.4, -0.2) is 39.7 Å². The van der Waals surface area contributed by atoms with E-state index in [1.54, 1.807) is 6.07 Å². The van der Waals surface area contributed by atoms with Gasteiger partial charge in [0.1, 0.15) is 5.60 Å². The van der Waals surface area contributed by atoms with E-state index in [2.05, 4.69) is 15.4 Å². The first kappa shape index (κ1) is 21.7. The Bertz CT molecular complexity index is 664. The number of hydrogen-bond acceptors (Lipinski definition) is 5. The number of nitrogens with one attached hydrogen (secondary N) is 1. The molecule has 0 spiro atoms. The van der Waals surface area contributed by atoms with Crippen molar-refractivity contribution in [1.82, 2.24) is 15.4 Å². The summed E-state index contributed by atoms with van der Waals surface area (Å²) in [6.45, 7) is 5.57. The highest BCUT2D eigenvalue weighted by atomic mass is 16.6. The molecule has 29 heavy (non-hydrogen) atoms. The zero-order valence-electron chi connectivity index (χ0n) is 18.0. The van der Waals surface area contributed by atoms with E-state index in [-0.39, 0.29) is 12.5 Å². The summed E-state index contributed by atoms with van der Waals surface area (Å²) >= 11 is 0. The summed E-state index contributed by atoms with van der Waals surface area (Å²) in [5, 5.41) is 6.66. The summed E-state index contributed by atoms with van der Waals surface area (Å²) in [7, 11) is 0. The molecule has 0 aliphatic heterocycles. The molecule has 1 aromatic heterocycles. The SMILES string of the molecule is CC(C)(C)OC(=O)NCc1cc(C(=O)N(C2CCCCC2)C2CCCCC2)no1. The second kappa shape index (κ2) is 9.63. The van der Waals surface area contributed by atoms with Gasteiger partial charge in [-0.15, -0.1) is 0 Å². The molecular weight excluding hydrogens is 370 g/mol. The van der Waals surface area contributed by atoms with Gasteiger partial charge in [-0.25, -0.2) is 4.79 Å². The molecule has 7 nitrogen and oxygen atoms in total. The Hall–Kier alpha value is -2.05. The maximum atomic E-state index is 13.4. The smallest absolute Gasteiger partial charge is 0.408 e. The Kier molecular flexibility index (Phi) is 7.19. The topological polar surface area (TPSA) is 84.7 Å². The Labute approximate surface area is 173 Å². The largest absolute Gasteiger partial charge is 0.444 e. The van der Waals surface area contributed by atoms with Gasteiger partial charge in [0.25, 0.3) is 5.91 Å². The monoisotopic (exact) mass is 405 g/mol.